The summed E-state index contributed by atoms with van der Waals surface area (Å²) in [5, 5.41) is 3.10. The van der Waals surface area contributed by atoms with Gasteiger partial charge in [0.2, 0.25) is 5.91 Å². The summed E-state index contributed by atoms with van der Waals surface area (Å²) in [6.07, 6.45) is 4.83. The fourth-order valence-electron chi connectivity index (χ4n) is 3.02. The molecular formula is C15H25N3O2S. The summed E-state index contributed by atoms with van der Waals surface area (Å²) in [7, 11) is 0. The molecule has 0 saturated heterocycles. The lowest BCUT2D eigenvalue weighted by Crippen LogP contribution is -2.45. The molecule has 1 amide bonds. The first-order chi connectivity index (χ1) is 10.0. The molecular weight excluding hydrogens is 286 g/mol. The Labute approximate surface area is 129 Å². The molecule has 0 aromatic carbocycles. The summed E-state index contributed by atoms with van der Waals surface area (Å²) in [5.41, 5.74) is 6.75. The number of carbonyl (C=O) groups excluding carboxylic acids is 1. The molecule has 1 aromatic rings. The van der Waals surface area contributed by atoms with Crippen LogP contribution in [0.1, 0.15) is 42.7 Å². The average molecular weight is 311 g/mol. The van der Waals surface area contributed by atoms with Crippen LogP contribution in [0.3, 0.4) is 0 Å². The smallest absolute Gasteiger partial charge is 0.307 e. The number of aromatic nitrogens is 1. The number of thiazole rings is 1. The van der Waals surface area contributed by atoms with E-state index in [-0.39, 0.29) is 16.8 Å². The Kier molecular flexibility index (Phi) is 5.58. The van der Waals surface area contributed by atoms with Crippen LogP contribution in [0.4, 0.5) is 0 Å². The maximum atomic E-state index is 12.1. The summed E-state index contributed by atoms with van der Waals surface area (Å²) in [4.78, 5) is 25.0. The van der Waals surface area contributed by atoms with E-state index < -0.39 is 0 Å². The predicted octanol–water partition coefficient (Wildman–Crippen LogP) is 1.55. The highest BCUT2D eigenvalue weighted by Gasteiger charge is 2.25. The van der Waals surface area contributed by atoms with Crippen molar-refractivity contribution in [1.82, 2.24) is 9.88 Å². The fourth-order valence-corrected chi connectivity index (χ4v) is 3.88. The second kappa shape index (κ2) is 7.22. The Hall–Kier alpha value is -1.14. The van der Waals surface area contributed by atoms with Crippen molar-refractivity contribution in [3.63, 3.8) is 0 Å². The van der Waals surface area contributed by atoms with E-state index >= 15 is 0 Å². The van der Waals surface area contributed by atoms with Crippen LogP contribution in [-0.2, 0) is 11.3 Å². The van der Waals surface area contributed by atoms with Crippen LogP contribution in [-0.4, -0.2) is 23.1 Å². The van der Waals surface area contributed by atoms with Gasteiger partial charge in [-0.2, -0.15) is 0 Å². The number of rotatable bonds is 5. The number of nitrogens with two attached hydrogens (primary N) is 1. The third kappa shape index (κ3) is 3.95. The van der Waals surface area contributed by atoms with E-state index in [0.29, 0.717) is 25.4 Å². The van der Waals surface area contributed by atoms with Gasteiger partial charge >= 0.3 is 4.87 Å². The number of nitrogens with zero attached hydrogens (tertiary/aromatic N) is 1. The van der Waals surface area contributed by atoms with Crippen LogP contribution in [0.2, 0.25) is 0 Å². The van der Waals surface area contributed by atoms with E-state index in [9.17, 15) is 9.59 Å². The molecule has 2 unspecified atom stereocenters. The van der Waals surface area contributed by atoms with Gasteiger partial charge in [-0.1, -0.05) is 24.2 Å². The second-order valence-corrected chi connectivity index (χ2v) is 7.03. The van der Waals surface area contributed by atoms with Crippen molar-refractivity contribution in [2.24, 2.45) is 11.7 Å². The van der Waals surface area contributed by atoms with Gasteiger partial charge in [-0.05, 0) is 39.2 Å². The maximum Gasteiger partial charge on any atom is 0.307 e. The molecule has 2 atom stereocenters. The van der Waals surface area contributed by atoms with Crippen LogP contribution in [0.5, 0.6) is 0 Å². The largest absolute Gasteiger partial charge is 0.353 e. The first-order valence-electron chi connectivity index (χ1n) is 7.69. The molecule has 6 heteroatoms. The Bertz CT molecular complexity index is 550. The van der Waals surface area contributed by atoms with Crippen LogP contribution in [0.15, 0.2) is 4.79 Å². The van der Waals surface area contributed by atoms with E-state index in [1.54, 1.807) is 4.57 Å². The lowest BCUT2D eigenvalue weighted by molar-refractivity contribution is -0.122. The summed E-state index contributed by atoms with van der Waals surface area (Å²) in [6.45, 7) is 4.96. The van der Waals surface area contributed by atoms with E-state index in [1.807, 2.05) is 13.8 Å². The minimum absolute atomic E-state index is 0.0234. The third-order valence-corrected chi connectivity index (χ3v) is 5.49. The summed E-state index contributed by atoms with van der Waals surface area (Å²) >= 11 is 1.25. The minimum Gasteiger partial charge on any atom is -0.353 e. The Balaban J connectivity index is 1.88. The lowest BCUT2D eigenvalue weighted by Gasteiger charge is -2.31. The highest BCUT2D eigenvalue weighted by atomic mass is 32.1. The van der Waals surface area contributed by atoms with Crippen molar-refractivity contribution >= 4 is 17.2 Å². The van der Waals surface area contributed by atoms with Crippen molar-refractivity contribution in [2.45, 2.75) is 58.5 Å². The number of nitrogens with one attached hydrogen (secondary N) is 1. The van der Waals surface area contributed by atoms with Crippen LogP contribution in [0, 0.1) is 19.8 Å². The van der Waals surface area contributed by atoms with Gasteiger partial charge in [-0.25, -0.2) is 0 Å². The highest BCUT2D eigenvalue weighted by molar-refractivity contribution is 7.09. The Morgan fingerprint density at radius 1 is 1.38 bits per heavy atom. The lowest BCUT2D eigenvalue weighted by atomic mass is 9.84. The molecule has 0 spiro atoms. The minimum atomic E-state index is 0.0234. The molecule has 1 saturated carbocycles. The standard InChI is InChI=1S/C15H25N3O2S/c1-10-11(2)21-15(20)18(10)8-7-14(19)17-13-6-4-3-5-12(13)9-16/h12-13H,3-9,16H2,1-2H3,(H,17,19). The SMILES string of the molecule is Cc1sc(=O)n(CCC(=O)NC2CCCCC2CN)c1C. The average Bonchev–Trinajstić information content (AvgIpc) is 2.71. The third-order valence-electron chi connectivity index (χ3n) is 4.50. The fraction of sp³-hybridized carbons (Fsp3) is 0.733. The zero-order valence-corrected chi connectivity index (χ0v) is 13.7. The van der Waals surface area contributed by atoms with Gasteiger partial charge < -0.3 is 15.6 Å². The second-order valence-electron chi connectivity index (χ2n) is 5.87. The van der Waals surface area contributed by atoms with Crippen molar-refractivity contribution in [2.75, 3.05) is 6.54 Å². The molecule has 2 rings (SSSR count). The van der Waals surface area contributed by atoms with E-state index in [0.717, 1.165) is 29.8 Å². The molecule has 1 fully saturated rings. The van der Waals surface area contributed by atoms with Crippen molar-refractivity contribution in [1.29, 1.82) is 0 Å². The first kappa shape index (κ1) is 16.2. The number of hydrogen-bond donors (Lipinski definition) is 2. The van der Waals surface area contributed by atoms with Crippen LogP contribution in [0.25, 0.3) is 0 Å². The molecule has 5 nitrogen and oxygen atoms in total. The van der Waals surface area contributed by atoms with Crippen LogP contribution < -0.4 is 15.9 Å². The first-order valence-corrected chi connectivity index (χ1v) is 8.50. The highest BCUT2D eigenvalue weighted by Crippen LogP contribution is 2.23. The van der Waals surface area contributed by atoms with Gasteiger partial charge in [-0.3, -0.25) is 9.59 Å². The maximum absolute atomic E-state index is 12.1. The Morgan fingerprint density at radius 2 is 2.10 bits per heavy atom. The molecule has 3 N–H and O–H groups in total. The monoisotopic (exact) mass is 311 g/mol. The molecule has 0 radical (unpaired) electrons. The number of carbonyl (C=O) groups is 1. The molecule has 21 heavy (non-hydrogen) atoms. The van der Waals surface area contributed by atoms with Gasteiger partial charge in [0.1, 0.15) is 0 Å². The van der Waals surface area contributed by atoms with Crippen LogP contribution >= 0.6 is 11.3 Å². The van der Waals surface area contributed by atoms with E-state index in [4.69, 9.17) is 5.73 Å². The summed E-state index contributed by atoms with van der Waals surface area (Å²) in [5.74, 6) is 0.422. The summed E-state index contributed by atoms with van der Waals surface area (Å²) < 4.78 is 1.70. The van der Waals surface area contributed by atoms with Gasteiger partial charge in [0.25, 0.3) is 0 Å². The van der Waals surface area contributed by atoms with Gasteiger partial charge in [-0.15, -0.1) is 0 Å². The van der Waals surface area contributed by atoms with Crippen molar-refractivity contribution in [3.8, 4) is 0 Å². The topological polar surface area (TPSA) is 77.1 Å². The predicted molar refractivity (Wildman–Crippen MR) is 85.6 cm³/mol. The molecule has 1 aromatic heterocycles. The van der Waals surface area contributed by atoms with Crippen molar-refractivity contribution < 1.29 is 4.79 Å². The molecule has 0 aliphatic heterocycles. The molecule has 1 aliphatic rings. The van der Waals surface area contributed by atoms with Gasteiger partial charge in [0, 0.05) is 29.6 Å². The van der Waals surface area contributed by atoms with E-state index in [1.165, 1.54) is 17.8 Å². The molecule has 1 aliphatic carbocycles. The van der Waals surface area contributed by atoms with Crippen molar-refractivity contribution in [3.05, 3.63) is 20.2 Å². The number of aryl methyl sites for hydroxylation is 1. The zero-order chi connectivity index (χ0) is 15.4. The molecule has 0 bridgehead atoms. The normalized spacial score (nSPS) is 22.2. The molecule has 1 heterocycles. The zero-order valence-electron chi connectivity index (χ0n) is 12.9. The Morgan fingerprint density at radius 3 is 2.71 bits per heavy atom. The number of amides is 1. The molecule has 118 valence electrons. The van der Waals surface area contributed by atoms with Gasteiger partial charge in [0.05, 0.1) is 0 Å². The summed E-state index contributed by atoms with van der Waals surface area (Å²) in [6, 6.07) is 0.207. The van der Waals surface area contributed by atoms with E-state index in [2.05, 4.69) is 5.32 Å². The number of hydrogen-bond acceptors (Lipinski definition) is 4. The van der Waals surface area contributed by atoms with Gasteiger partial charge in [0.15, 0.2) is 0 Å². The quantitative estimate of drug-likeness (QED) is 0.866.